The van der Waals surface area contributed by atoms with Crippen LogP contribution in [0.1, 0.15) is 39.0 Å². The highest BCUT2D eigenvalue weighted by Gasteiger charge is 2.41. The molecule has 1 saturated heterocycles. The van der Waals surface area contributed by atoms with E-state index in [0.29, 0.717) is 19.4 Å². The first kappa shape index (κ1) is 19.8. The molecule has 1 aliphatic heterocycles. The second-order valence-corrected chi connectivity index (χ2v) is 6.57. The normalized spacial score (nSPS) is 20.0. The first-order valence-corrected chi connectivity index (χ1v) is 9.15. The zero-order chi connectivity index (χ0) is 17.4. The van der Waals surface area contributed by atoms with Crippen LogP contribution in [0.25, 0.3) is 0 Å². The van der Waals surface area contributed by atoms with Gasteiger partial charge in [-0.15, -0.1) is 0 Å². The minimum atomic E-state index is -0.682. The van der Waals surface area contributed by atoms with Crippen molar-refractivity contribution >= 4 is 29.5 Å². The Morgan fingerprint density at radius 3 is 2.65 bits per heavy atom. The van der Waals surface area contributed by atoms with Crippen LogP contribution in [0.15, 0.2) is 0 Å². The molecule has 1 heterocycles. The van der Waals surface area contributed by atoms with Crippen LogP contribution in [0.3, 0.4) is 0 Å². The van der Waals surface area contributed by atoms with Gasteiger partial charge in [0.1, 0.15) is 6.04 Å². The molecular weight excluding hydrogens is 320 g/mol. The Bertz CT molecular complexity index is 432. The fourth-order valence-corrected chi connectivity index (χ4v) is 3.82. The third-order valence-corrected chi connectivity index (χ3v) is 5.23. The van der Waals surface area contributed by atoms with E-state index in [1.54, 1.807) is 11.7 Å². The number of thioether (sulfide) groups is 1. The second kappa shape index (κ2) is 9.77. The molecule has 0 bridgehead atoms. The van der Waals surface area contributed by atoms with Gasteiger partial charge in [0.15, 0.2) is 0 Å². The molecule has 8 heteroatoms. The lowest BCUT2D eigenvalue weighted by Crippen LogP contribution is -2.49. The minimum absolute atomic E-state index is 0.214. The van der Waals surface area contributed by atoms with E-state index < -0.39 is 29.1 Å². The summed E-state index contributed by atoms with van der Waals surface area (Å²) in [5, 5.41) is 8.24. The number of carbonyl (C=O) groups excluding carboxylic acids is 3. The van der Waals surface area contributed by atoms with E-state index in [1.807, 2.05) is 6.92 Å². The summed E-state index contributed by atoms with van der Waals surface area (Å²) in [6, 6.07) is -0.573. The molecule has 2 N–H and O–H groups in total. The van der Waals surface area contributed by atoms with Crippen molar-refractivity contribution < 1.29 is 24.3 Å². The van der Waals surface area contributed by atoms with E-state index in [-0.39, 0.29) is 5.91 Å². The monoisotopic (exact) mass is 346 g/mol. The molecule has 7 nitrogen and oxygen atoms in total. The SMILES string of the molecule is CCCC[C@@H](C(=O)N1CCC[C@H]1C(=O)OC)[C@H](SC)C(=O)NO. The third kappa shape index (κ3) is 4.84. The zero-order valence-corrected chi connectivity index (χ0v) is 14.7. The van der Waals surface area contributed by atoms with Gasteiger partial charge in [-0.1, -0.05) is 19.8 Å². The molecule has 23 heavy (non-hydrogen) atoms. The van der Waals surface area contributed by atoms with Crippen LogP contribution >= 0.6 is 11.8 Å². The quantitative estimate of drug-likeness (QED) is 0.389. The lowest BCUT2D eigenvalue weighted by molar-refractivity contribution is -0.153. The molecule has 1 aliphatic rings. The van der Waals surface area contributed by atoms with Crippen LogP contribution < -0.4 is 5.48 Å². The summed E-state index contributed by atoms with van der Waals surface area (Å²) < 4.78 is 4.77. The van der Waals surface area contributed by atoms with Gasteiger partial charge < -0.3 is 9.64 Å². The number of methoxy groups -OCH3 is 1. The van der Waals surface area contributed by atoms with Crippen LogP contribution in [0, 0.1) is 5.92 Å². The van der Waals surface area contributed by atoms with Crippen molar-refractivity contribution in [2.24, 2.45) is 5.92 Å². The maximum Gasteiger partial charge on any atom is 0.328 e. The summed E-state index contributed by atoms with van der Waals surface area (Å²) in [4.78, 5) is 38.2. The summed E-state index contributed by atoms with van der Waals surface area (Å²) in [6.07, 6.45) is 5.28. The Balaban J connectivity index is 2.98. The number of nitrogens with one attached hydrogen (secondary N) is 1. The standard InChI is InChI=1S/C15H26N2O5S/c1-4-5-7-10(12(23-3)13(18)16-21)14(19)17-9-6-8-11(17)15(20)22-2/h10-12,21H,4-9H2,1-3H3,(H,16,18)/t10-,11+,12+/m1/s1. The van der Waals surface area contributed by atoms with Gasteiger partial charge in [-0.25, -0.2) is 10.3 Å². The van der Waals surface area contributed by atoms with Gasteiger partial charge in [0.05, 0.1) is 18.3 Å². The average Bonchev–Trinajstić information content (AvgIpc) is 3.06. The summed E-state index contributed by atoms with van der Waals surface area (Å²) in [7, 11) is 1.31. The van der Waals surface area contributed by atoms with Crippen molar-refractivity contribution in [2.45, 2.75) is 50.3 Å². The molecular formula is C15H26N2O5S. The molecule has 0 spiro atoms. The predicted octanol–water partition coefficient (Wildman–Crippen LogP) is 1.19. The maximum absolute atomic E-state index is 12.9. The topological polar surface area (TPSA) is 95.9 Å². The van der Waals surface area contributed by atoms with Crippen LogP contribution in [0.5, 0.6) is 0 Å². The Morgan fingerprint density at radius 1 is 1.43 bits per heavy atom. The second-order valence-electron chi connectivity index (χ2n) is 5.59. The molecule has 0 aliphatic carbocycles. The fourth-order valence-electron chi connectivity index (χ4n) is 2.97. The Kier molecular flexibility index (Phi) is 8.40. The predicted molar refractivity (Wildman–Crippen MR) is 87.0 cm³/mol. The number of likely N-dealkylation sites (tertiary alicyclic amines) is 1. The number of hydrogen-bond donors (Lipinski definition) is 2. The van der Waals surface area contributed by atoms with Gasteiger partial charge >= 0.3 is 5.97 Å². The largest absolute Gasteiger partial charge is 0.467 e. The van der Waals surface area contributed by atoms with Crippen LogP contribution in [-0.4, -0.2) is 59.1 Å². The highest BCUT2D eigenvalue weighted by atomic mass is 32.2. The van der Waals surface area contributed by atoms with Crippen LogP contribution in [-0.2, 0) is 19.1 Å². The molecule has 0 unspecified atom stereocenters. The lowest BCUT2D eigenvalue weighted by atomic mass is 9.95. The van der Waals surface area contributed by atoms with Crippen molar-refractivity contribution in [1.29, 1.82) is 0 Å². The number of hydroxylamine groups is 1. The van der Waals surface area contributed by atoms with Crippen molar-refractivity contribution in [3.8, 4) is 0 Å². The van der Waals surface area contributed by atoms with Gasteiger partial charge in [-0.2, -0.15) is 11.8 Å². The number of esters is 1. The molecule has 0 aromatic heterocycles. The van der Waals surface area contributed by atoms with E-state index >= 15 is 0 Å². The van der Waals surface area contributed by atoms with Crippen molar-refractivity contribution in [3.05, 3.63) is 0 Å². The summed E-state index contributed by atoms with van der Waals surface area (Å²) >= 11 is 1.23. The minimum Gasteiger partial charge on any atom is -0.467 e. The average molecular weight is 346 g/mol. The van der Waals surface area contributed by atoms with Gasteiger partial charge in [0, 0.05) is 6.54 Å². The first-order valence-electron chi connectivity index (χ1n) is 7.86. The van der Waals surface area contributed by atoms with E-state index in [1.165, 1.54) is 23.8 Å². The number of rotatable bonds is 8. The lowest BCUT2D eigenvalue weighted by Gasteiger charge is -2.30. The highest BCUT2D eigenvalue weighted by Crippen LogP contribution is 2.29. The van der Waals surface area contributed by atoms with Crippen LogP contribution in [0.2, 0.25) is 0 Å². The Labute approximate surface area is 141 Å². The molecule has 1 rings (SSSR count). The number of nitrogens with zero attached hydrogens (tertiary/aromatic N) is 1. The molecule has 0 aromatic rings. The summed E-state index contributed by atoms with van der Waals surface area (Å²) in [6.45, 7) is 2.50. The van der Waals surface area contributed by atoms with Gasteiger partial charge in [0.2, 0.25) is 5.91 Å². The number of carbonyl (C=O) groups is 3. The van der Waals surface area contributed by atoms with Crippen LogP contribution in [0.4, 0.5) is 0 Å². The Hall–Kier alpha value is -1.28. The molecule has 0 radical (unpaired) electrons. The smallest absolute Gasteiger partial charge is 0.328 e. The molecule has 0 aromatic carbocycles. The molecule has 1 fully saturated rings. The fraction of sp³-hybridized carbons (Fsp3) is 0.800. The van der Waals surface area contributed by atoms with E-state index in [0.717, 1.165) is 19.3 Å². The number of hydrogen-bond acceptors (Lipinski definition) is 6. The summed E-state index contributed by atoms with van der Waals surface area (Å²) in [5.41, 5.74) is 1.64. The van der Waals surface area contributed by atoms with Gasteiger partial charge in [-0.3, -0.25) is 14.8 Å². The number of unbranched alkanes of at least 4 members (excludes halogenated alkanes) is 1. The van der Waals surface area contributed by atoms with E-state index in [4.69, 9.17) is 9.94 Å². The molecule has 0 saturated carbocycles. The van der Waals surface area contributed by atoms with Gasteiger partial charge in [0.25, 0.3) is 5.91 Å². The highest BCUT2D eigenvalue weighted by molar-refractivity contribution is 8.00. The Morgan fingerprint density at radius 2 is 2.13 bits per heavy atom. The number of ether oxygens (including phenoxy) is 1. The van der Waals surface area contributed by atoms with Gasteiger partial charge in [-0.05, 0) is 25.5 Å². The molecule has 132 valence electrons. The van der Waals surface area contributed by atoms with Crippen molar-refractivity contribution in [2.75, 3.05) is 19.9 Å². The van der Waals surface area contributed by atoms with Crippen molar-refractivity contribution in [1.82, 2.24) is 10.4 Å². The third-order valence-electron chi connectivity index (χ3n) is 4.18. The molecule has 2 amide bonds. The summed E-state index contributed by atoms with van der Waals surface area (Å²) in [5.74, 6) is -1.78. The maximum atomic E-state index is 12.9. The van der Waals surface area contributed by atoms with Crippen molar-refractivity contribution in [3.63, 3.8) is 0 Å². The molecule has 3 atom stereocenters. The zero-order valence-electron chi connectivity index (χ0n) is 13.9. The first-order chi connectivity index (χ1) is 11.0. The van der Waals surface area contributed by atoms with E-state index in [9.17, 15) is 14.4 Å². The van der Waals surface area contributed by atoms with E-state index in [2.05, 4.69) is 0 Å². The number of amides is 2.